The van der Waals surface area contributed by atoms with Gasteiger partial charge >= 0.3 is 0 Å². The Morgan fingerprint density at radius 3 is 3.00 bits per heavy atom. The lowest BCUT2D eigenvalue weighted by Crippen LogP contribution is -2.18. The van der Waals surface area contributed by atoms with Gasteiger partial charge in [-0.15, -0.1) is 11.3 Å². The molecule has 1 aliphatic carbocycles. The minimum Gasteiger partial charge on any atom is -0.380 e. The molecule has 1 aromatic heterocycles. The lowest BCUT2D eigenvalue weighted by molar-refractivity contribution is 0.0833. The first kappa shape index (κ1) is 10.3. The highest BCUT2D eigenvalue weighted by molar-refractivity contribution is 9.10. The van der Waals surface area contributed by atoms with Crippen LogP contribution in [-0.2, 0) is 4.74 Å². The van der Waals surface area contributed by atoms with Crippen LogP contribution in [0.15, 0.2) is 10.5 Å². The van der Waals surface area contributed by atoms with Crippen LogP contribution >= 0.6 is 38.9 Å². The van der Waals surface area contributed by atoms with Gasteiger partial charge in [-0.25, -0.2) is 0 Å². The molecule has 2 nitrogen and oxygen atoms in total. The molecule has 0 spiro atoms. The molecule has 15 heavy (non-hydrogen) atoms. The van der Waals surface area contributed by atoms with Crippen molar-refractivity contribution in [1.82, 2.24) is 0 Å². The minimum atomic E-state index is -0.201. The Kier molecular flexibility index (Phi) is 2.26. The molecule has 1 saturated heterocycles. The summed E-state index contributed by atoms with van der Waals surface area (Å²) in [5.74, 6) is 0.659. The molecule has 0 aromatic carbocycles. The van der Waals surface area contributed by atoms with Gasteiger partial charge in [0.15, 0.2) is 5.78 Å². The van der Waals surface area contributed by atoms with E-state index in [0.29, 0.717) is 16.9 Å². The zero-order valence-electron chi connectivity index (χ0n) is 7.76. The van der Waals surface area contributed by atoms with Gasteiger partial charge < -0.3 is 4.74 Å². The number of carbonyl (C=O) groups is 1. The third-order valence-electron chi connectivity index (χ3n) is 3.23. The number of fused-ring (bicyclic) bond motifs is 1. The second-order valence-electron chi connectivity index (χ2n) is 4.13. The Hall–Kier alpha value is 0.1000. The second kappa shape index (κ2) is 3.29. The predicted octanol–water partition coefficient (Wildman–Crippen LogP) is 3.38. The Morgan fingerprint density at radius 2 is 2.53 bits per heavy atom. The van der Waals surface area contributed by atoms with Crippen molar-refractivity contribution in [2.75, 3.05) is 13.2 Å². The smallest absolute Gasteiger partial charge is 0.181 e. The van der Waals surface area contributed by atoms with E-state index < -0.39 is 0 Å². The van der Waals surface area contributed by atoms with Gasteiger partial charge in [-0.3, -0.25) is 4.79 Å². The van der Waals surface area contributed by atoms with Crippen LogP contribution in [0.5, 0.6) is 0 Å². The largest absolute Gasteiger partial charge is 0.380 e. The summed E-state index contributed by atoms with van der Waals surface area (Å²) in [7, 11) is 0. The van der Waals surface area contributed by atoms with Gasteiger partial charge in [-0.05, 0) is 34.3 Å². The Labute approximate surface area is 105 Å². The number of hydrogen-bond acceptors (Lipinski definition) is 3. The number of ketones is 1. The fourth-order valence-electron chi connectivity index (χ4n) is 2.21. The number of hydrogen-bond donors (Lipinski definition) is 0. The van der Waals surface area contributed by atoms with Crippen LogP contribution in [0, 0.1) is 11.3 Å². The van der Waals surface area contributed by atoms with Crippen LogP contribution in [0.1, 0.15) is 16.1 Å². The van der Waals surface area contributed by atoms with Gasteiger partial charge in [0.2, 0.25) is 0 Å². The van der Waals surface area contributed by atoms with Crippen LogP contribution in [-0.4, -0.2) is 19.0 Å². The number of carbonyl (C=O) groups excluding carboxylic acids is 1. The van der Waals surface area contributed by atoms with Crippen molar-refractivity contribution in [2.24, 2.45) is 11.3 Å². The zero-order valence-corrected chi connectivity index (χ0v) is 10.9. The molecule has 0 N–H and O–H groups in total. The first-order valence-electron chi connectivity index (χ1n) is 4.71. The Balaban J connectivity index is 1.92. The fraction of sp³-hybridized carbons (Fsp3) is 0.500. The molecular weight excluding hydrogens is 300 g/mol. The summed E-state index contributed by atoms with van der Waals surface area (Å²) in [5.41, 5.74) is -0.201. The van der Waals surface area contributed by atoms with E-state index in [4.69, 9.17) is 16.3 Å². The molecule has 1 saturated carbocycles. The summed E-state index contributed by atoms with van der Waals surface area (Å²) in [6, 6.07) is 1.82. The topological polar surface area (TPSA) is 26.3 Å². The quantitative estimate of drug-likeness (QED) is 0.783. The van der Waals surface area contributed by atoms with E-state index in [1.165, 1.54) is 11.3 Å². The van der Waals surface area contributed by atoms with Crippen LogP contribution in [0.3, 0.4) is 0 Å². The SMILES string of the molecule is O=C(c1cc(Br)c(Cl)s1)C12COCC1C2. The summed E-state index contributed by atoms with van der Waals surface area (Å²) < 4.78 is 6.78. The molecule has 1 aliphatic heterocycles. The number of halogens is 2. The third kappa shape index (κ3) is 1.42. The molecule has 2 aliphatic rings. The van der Waals surface area contributed by atoms with Crippen LogP contribution < -0.4 is 0 Å². The molecule has 2 fully saturated rings. The maximum Gasteiger partial charge on any atom is 0.181 e. The second-order valence-corrected chi connectivity index (χ2v) is 6.64. The van der Waals surface area contributed by atoms with Gasteiger partial charge in [-0.1, -0.05) is 11.6 Å². The molecule has 0 amide bonds. The van der Waals surface area contributed by atoms with E-state index >= 15 is 0 Å². The average Bonchev–Trinajstić information content (AvgIpc) is 2.60. The summed E-state index contributed by atoms with van der Waals surface area (Å²) >= 11 is 10.6. The van der Waals surface area contributed by atoms with Gasteiger partial charge in [0.1, 0.15) is 4.34 Å². The molecule has 0 radical (unpaired) electrons. The summed E-state index contributed by atoms with van der Waals surface area (Å²) in [4.78, 5) is 13.0. The molecule has 2 atom stereocenters. The highest BCUT2D eigenvalue weighted by Gasteiger charge is 2.63. The van der Waals surface area contributed by atoms with Crippen molar-refractivity contribution in [3.63, 3.8) is 0 Å². The highest BCUT2D eigenvalue weighted by atomic mass is 79.9. The van der Waals surface area contributed by atoms with Crippen LogP contribution in [0.25, 0.3) is 0 Å². The van der Waals surface area contributed by atoms with Gasteiger partial charge in [0, 0.05) is 4.47 Å². The van der Waals surface area contributed by atoms with Crippen molar-refractivity contribution in [3.05, 3.63) is 19.8 Å². The van der Waals surface area contributed by atoms with Gasteiger partial charge in [-0.2, -0.15) is 0 Å². The fourth-order valence-corrected chi connectivity index (χ4v) is 3.96. The van der Waals surface area contributed by atoms with E-state index in [0.717, 1.165) is 22.4 Å². The molecule has 1 aromatic rings. The summed E-state index contributed by atoms with van der Waals surface area (Å²) in [6.45, 7) is 1.33. The van der Waals surface area contributed by atoms with Crippen molar-refractivity contribution in [1.29, 1.82) is 0 Å². The van der Waals surface area contributed by atoms with E-state index in [9.17, 15) is 4.79 Å². The molecule has 2 unspecified atom stereocenters. The number of Topliss-reactive ketones (excluding diaryl/α,β-unsaturated/α-hetero) is 1. The Bertz CT molecular complexity index is 425. The molecule has 2 heterocycles. The number of ether oxygens (including phenoxy) is 1. The average molecular weight is 308 g/mol. The van der Waals surface area contributed by atoms with Crippen LogP contribution in [0.4, 0.5) is 0 Å². The van der Waals surface area contributed by atoms with E-state index in [1.54, 1.807) is 0 Å². The summed E-state index contributed by atoms with van der Waals surface area (Å²) in [6.07, 6.45) is 0.985. The van der Waals surface area contributed by atoms with E-state index in [1.807, 2.05) is 6.07 Å². The van der Waals surface area contributed by atoms with Crippen LogP contribution in [0.2, 0.25) is 4.34 Å². The first-order valence-corrected chi connectivity index (χ1v) is 6.69. The van der Waals surface area contributed by atoms with Gasteiger partial charge in [0.25, 0.3) is 0 Å². The summed E-state index contributed by atoms with van der Waals surface area (Å²) in [5, 5.41) is 0. The van der Waals surface area contributed by atoms with Crippen molar-refractivity contribution < 1.29 is 9.53 Å². The lowest BCUT2D eigenvalue weighted by atomic mass is 9.99. The minimum absolute atomic E-state index is 0.201. The lowest BCUT2D eigenvalue weighted by Gasteiger charge is -2.06. The maximum absolute atomic E-state index is 12.2. The monoisotopic (exact) mass is 306 g/mol. The molecule has 5 heteroatoms. The molecular formula is C10H8BrClO2S. The van der Waals surface area contributed by atoms with Crippen molar-refractivity contribution in [2.45, 2.75) is 6.42 Å². The predicted molar refractivity (Wildman–Crippen MR) is 62.7 cm³/mol. The van der Waals surface area contributed by atoms with Crippen molar-refractivity contribution in [3.8, 4) is 0 Å². The van der Waals surface area contributed by atoms with Gasteiger partial charge in [0.05, 0.1) is 23.5 Å². The zero-order chi connectivity index (χ0) is 10.6. The maximum atomic E-state index is 12.2. The standard InChI is InChI=1S/C10H8BrClO2S/c11-6-1-7(15-9(6)12)8(13)10-2-5(10)3-14-4-10/h1,5H,2-4H2. The van der Waals surface area contributed by atoms with E-state index in [-0.39, 0.29) is 11.2 Å². The molecule has 3 rings (SSSR count). The first-order chi connectivity index (χ1) is 7.13. The normalized spacial score (nSPS) is 32.8. The molecule has 0 bridgehead atoms. The number of rotatable bonds is 2. The number of thiophene rings is 1. The highest BCUT2D eigenvalue weighted by Crippen LogP contribution is 2.59. The van der Waals surface area contributed by atoms with Crippen molar-refractivity contribution >= 4 is 44.7 Å². The Morgan fingerprint density at radius 1 is 1.73 bits per heavy atom. The van der Waals surface area contributed by atoms with E-state index in [2.05, 4.69) is 15.9 Å². The third-order valence-corrected chi connectivity index (χ3v) is 5.71. The molecule has 80 valence electrons.